The lowest BCUT2D eigenvalue weighted by Gasteiger charge is -2.20. The summed E-state index contributed by atoms with van der Waals surface area (Å²) in [7, 11) is 1.62. The molecule has 0 aliphatic rings. The van der Waals surface area contributed by atoms with Gasteiger partial charge < -0.3 is 10.1 Å². The normalized spacial score (nSPS) is 12.2. The lowest BCUT2D eigenvalue weighted by Crippen LogP contribution is -2.24. The number of nitrogens with zero attached hydrogens (tertiary/aromatic N) is 2. The van der Waals surface area contributed by atoms with Crippen LogP contribution in [-0.4, -0.2) is 23.6 Å². The zero-order chi connectivity index (χ0) is 15.2. The zero-order valence-electron chi connectivity index (χ0n) is 12.6. The number of halogens is 1. The Morgan fingerprint density at radius 3 is 2.86 bits per heavy atom. The monoisotopic (exact) mass is 397 g/mol. The predicted molar refractivity (Wildman–Crippen MR) is 92.6 cm³/mol. The average molecular weight is 397 g/mol. The summed E-state index contributed by atoms with van der Waals surface area (Å²) in [5.41, 5.74) is 3.59. The molecule has 1 heterocycles. The molecule has 0 radical (unpaired) electrons. The number of aryl methyl sites for hydroxylation is 1. The van der Waals surface area contributed by atoms with Gasteiger partial charge in [0.25, 0.3) is 0 Å². The molecule has 2 rings (SSSR count). The van der Waals surface area contributed by atoms with Crippen molar-refractivity contribution in [2.45, 2.75) is 26.3 Å². The van der Waals surface area contributed by atoms with E-state index in [1.54, 1.807) is 13.4 Å². The fraction of sp³-hybridized carbons (Fsp3) is 0.375. The molecule has 4 nitrogen and oxygen atoms in total. The van der Waals surface area contributed by atoms with E-state index in [4.69, 9.17) is 4.74 Å². The second kappa shape index (κ2) is 7.70. The summed E-state index contributed by atoms with van der Waals surface area (Å²) >= 11 is 2.42. The van der Waals surface area contributed by atoms with Crippen LogP contribution < -0.4 is 10.1 Å². The molecule has 2 aromatic rings. The molecule has 0 saturated carbocycles. The Bertz CT molecular complexity index is 604. The summed E-state index contributed by atoms with van der Waals surface area (Å²) in [5.74, 6) is 0.606. The van der Waals surface area contributed by atoms with E-state index in [1.165, 1.54) is 14.7 Å². The smallest absolute Gasteiger partial charge is 0.216 e. The average Bonchev–Trinajstić information content (AvgIpc) is 2.50. The van der Waals surface area contributed by atoms with Crippen molar-refractivity contribution in [1.29, 1.82) is 0 Å². The van der Waals surface area contributed by atoms with Crippen LogP contribution in [0.25, 0.3) is 0 Å². The van der Waals surface area contributed by atoms with Crippen LogP contribution in [0.5, 0.6) is 5.88 Å². The molecule has 1 atom stereocenters. The minimum absolute atomic E-state index is 0.237. The van der Waals surface area contributed by atoms with Gasteiger partial charge in [-0.1, -0.05) is 25.1 Å². The third-order valence-electron chi connectivity index (χ3n) is 3.37. The summed E-state index contributed by atoms with van der Waals surface area (Å²) in [6.45, 7) is 5.18. The van der Waals surface area contributed by atoms with Crippen LogP contribution >= 0.6 is 22.6 Å². The van der Waals surface area contributed by atoms with Crippen LogP contribution in [0.3, 0.4) is 0 Å². The van der Waals surface area contributed by atoms with Gasteiger partial charge in [-0.3, -0.25) is 0 Å². The highest BCUT2D eigenvalue weighted by molar-refractivity contribution is 14.1. The first-order valence-electron chi connectivity index (χ1n) is 6.99. The maximum Gasteiger partial charge on any atom is 0.216 e. The molecule has 1 unspecified atom stereocenters. The van der Waals surface area contributed by atoms with Crippen LogP contribution in [0, 0.1) is 10.5 Å². The number of methoxy groups -OCH3 is 1. The van der Waals surface area contributed by atoms with Gasteiger partial charge in [0.05, 0.1) is 7.11 Å². The van der Waals surface area contributed by atoms with Crippen molar-refractivity contribution in [1.82, 2.24) is 15.3 Å². The number of likely N-dealkylation sites (N-methyl/N-ethyl adjacent to an activating group) is 1. The second-order valence-electron chi connectivity index (χ2n) is 4.84. The Morgan fingerprint density at radius 2 is 2.14 bits per heavy atom. The Labute approximate surface area is 139 Å². The van der Waals surface area contributed by atoms with Gasteiger partial charge in [-0.25, -0.2) is 9.97 Å². The Hall–Kier alpha value is -1.21. The van der Waals surface area contributed by atoms with E-state index in [1.807, 2.05) is 6.07 Å². The van der Waals surface area contributed by atoms with E-state index in [0.29, 0.717) is 5.88 Å². The van der Waals surface area contributed by atoms with Crippen molar-refractivity contribution in [2.75, 3.05) is 13.7 Å². The Balaban J connectivity index is 2.28. The molecule has 1 aromatic carbocycles. The van der Waals surface area contributed by atoms with Gasteiger partial charge in [-0.05, 0) is 47.2 Å². The lowest BCUT2D eigenvalue weighted by atomic mass is 10.00. The molecule has 0 amide bonds. The number of ether oxygens (including phenoxy) is 1. The third kappa shape index (κ3) is 4.14. The number of benzene rings is 1. The molecule has 0 spiro atoms. The van der Waals surface area contributed by atoms with E-state index in [0.717, 1.165) is 18.7 Å². The number of aromatic nitrogens is 2. The van der Waals surface area contributed by atoms with Crippen molar-refractivity contribution in [2.24, 2.45) is 0 Å². The Morgan fingerprint density at radius 1 is 1.33 bits per heavy atom. The van der Waals surface area contributed by atoms with Crippen LogP contribution in [0.15, 0.2) is 30.6 Å². The van der Waals surface area contributed by atoms with Crippen molar-refractivity contribution < 1.29 is 4.74 Å². The summed E-state index contributed by atoms with van der Waals surface area (Å²) in [6, 6.07) is 8.56. The first-order chi connectivity index (χ1) is 10.2. The molecular weight excluding hydrogens is 377 g/mol. The molecule has 21 heavy (non-hydrogen) atoms. The third-order valence-corrected chi connectivity index (χ3v) is 4.84. The van der Waals surface area contributed by atoms with Crippen molar-refractivity contribution in [3.63, 3.8) is 0 Å². The lowest BCUT2D eigenvalue weighted by molar-refractivity contribution is 0.395. The molecule has 1 N–H and O–H groups in total. The van der Waals surface area contributed by atoms with E-state index in [-0.39, 0.29) is 6.04 Å². The summed E-state index contributed by atoms with van der Waals surface area (Å²) in [4.78, 5) is 8.41. The Kier molecular flexibility index (Phi) is 5.93. The van der Waals surface area contributed by atoms with Crippen molar-refractivity contribution in [3.8, 4) is 5.88 Å². The summed E-state index contributed by atoms with van der Waals surface area (Å²) in [5, 5.41) is 3.55. The summed E-state index contributed by atoms with van der Waals surface area (Å²) in [6.07, 6.45) is 2.37. The van der Waals surface area contributed by atoms with E-state index in [2.05, 4.69) is 69.9 Å². The van der Waals surface area contributed by atoms with Gasteiger partial charge in [-0.15, -0.1) is 0 Å². The van der Waals surface area contributed by atoms with E-state index in [9.17, 15) is 0 Å². The van der Waals surface area contributed by atoms with Crippen molar-refractivity contribution >= 4 is 22.6 Å². The van der Waals surface area contributed by atoms with Gasteiger partial charge in [0.15, 0.2) is 0 Å². The van der Waals surface area contributed by atoms with Crippen LogP contribution in [0.1, 0.15) is 29.8 Å². The SMILES string of the molecule is CCNC(Cc1cc(OC)ncn1)c1cccc(C)c1I. The predicted octanol–water partition coefficient (Wildman–Crippen LogP) is 3.29. The van der Waals surface area contributed by atoms with Gasteiger partial charge in [0, 0.05) is 27.8 Å². The number of rotatable bonds is 6. The molecule has 0 saturated heterocycles. The largest absolute Gasteiger partial charge is 0.481 e. The minimum atomic E-state index is 0.237. The quantitative estimate of drug-likeness (QED) is 0.761. The summed E-state index contributed by atoms with van der Waals surface area (Å²) < 4.78 is 6.48. The number of nitrogens with one attached hydrogen (secondary N) is 1. The molecule has 1 aromatic heterocycles. The molecule has 0 aliphatic carbocycles. The topological polar surface area (TPSA) is 47.0 Å². The molecule has 0 fully saturated rings. The maximum atomic E-state index is 5.17. The molecule has 0 bridgehead atoms. The molecule has 112 valence electrons. The van der Waals surface area contributed by atoms with Crippen LogP contribution in [-0.2, 0) is 6.42 Å². The van der Waals surface area contributed by atoms with Crippen LogP contribution in [0.4, 0.5) is 0 Å². The fourth-order valence-corrected chi connectivity index (χ4v) is 3.02. The van der Waals surface area contributed by atoms with Gasteiger partial charge in [0.1, 0.15) is 6.33 Å². The van der Waals surface area contributed by atoms with Gasteiger partial charge in [-0.2, -0.15) is 0 Å². The highest BCUT2D eigenvalue weighted by Gasteiger charge is 2.16. The minimum Gasteiger partial charge on any atom is -0.481 e. The number of hydrogen-bond acceptors (Lipinski definition) is 4. The first-order valence-corrected chi connectivity index (χ1v) is 8.06. The zero-order valence-corrected chi connectivity index (χ0v) is 14.7. The standard InChI is InChI=1S/C16H20IN3O/c1-4-18-14(13-7-5-6-11(2)16(13)17)8-12-9-15(21-3)20-10-19-12/h5-7,9-10,14,18H,4,8H2,1-3H3. The second-order valence-corrected chi connectivity index (χ2v) is 5.92. The highest BCUT2D eigenvalue weighted by Crippen LogP contribution is 2.25. The van der Waals surface area contributed by atoms with Crippen molar-refractivity contribution in [3.05, 3.63) is 51.0 Å². The molecule has 0 aliphatic heterocycles. The highest BCUT2D eigenvalue weighted by atomic mass is 127. The van der Waals surface area contributed by atoms with Gasteiger partial charge >= 0.3 is 0 Å². The van der Waals surface area contributed by atoms with Crippen LogP contribution in [0.2, 0.25) is 0 Å². The van der Waals surface area contributed by atoms with E-state index < -0.39 is 0 Å². The first kappa shape index (κ1) is 16.2. The fourth-order valence-electron chi connectivity index (χ4n) is 2.29. The maximum absolute atomic E-state index is 5.17. The van der Waals surface area contributed by atoms with E-state index >= 15 is 0 Å². The van der Waals surface area contributed by atoms with Gasteiger partial charge in [0.2, 0.25) is 5.88 Å². The number of hydrogen-bond donors (Lipinski definition) is 1. The molecule has 5 heteroatoms. The molecular formula is C16H20IN3O.